The molecule has 0 heterocycles. The second-order valence-electron chi connectivity index (χ2n) is 8.10. The van der Waals surface area contributed by atoms with E-state index >= 15 is 0 Å². The van der Waals surface area contributed by atoms with Crippen LogP contribution in [0.25, 0.3) is 0 Å². The molecule has 3 rings (SSSR count). The highest BCUT2D eigenvalue weighted by molar-refractivity contribution is 5.35. The van der Waals surface area contributed by atoms with E-state index in [9.17, 15) is 0 Å². The number of hydrogen-bond acceptors (Lipinski definition) is 2. The molecule has 3 N–H and O–H groups in total. The number of nitrogens with two attached hydrogens (primary N) is 1. The lowest BCUT2D eigenvalue weighted by atomic mass is 9.86. The van der Waals surface area contributed by atoms with Gasteiger partial charge in [0.15, 0.2) is 0 Å². The molecular formula is C19H30N2. The van der Waals surface area contributed by atoms with Crippen molar-refractivity contribution in [2.24, 2.45) is 5.73 Å². The topological polar surface area (TPSA) is 38.0 Å². The van der Waals surface area contributed by atoms with Gasteiger partial charge in [-0.15, -0.1) is 0 Å². The molecule has 0 aromatic heterocycles. The van der Waals surface area contributed by atoms with Gasteiger partial charge in [0.25, 0.3) is 0 Å². The first-order valence-corrected chi connectivity index (χ1v) is 8.55. The fourth-order valence-corrected chi connectivity index (χ4v) is 3.57. The van der Waals surface area contributed by atoms with Gasteiger partial charge >= 0.3 is 0 Å². The lowest BCUT2D eigenvalue weighted by Crippen LogP contribution is -2.38. The van der Waals surface area contributed by atoms with Crippen LogP contribution in [-0.4, -0.2) is 18.1 Å². The quantitative estimate of drug-likeness (QED) is 0.889. The zero-order valence-electron chi connectivity index (χ0n) is 13.7. The second-order valence-corrected chi connectivity index (χ2v) is 8.10. The Labute approximate surface area is 129 Å². The third kappa shape index (κ3) is 3.67. The van der Waals surface area contributed by atoms with Crippen molar-refractivity contribution in [2.45, 2.75) is 82.3 Å². The van der Waals surface area contributed by atoms with Crippen LogP contribution in [0.2, 0.25) is 0 Å². The normalized spacial score (nSPS) is 33.0. The van der Waals surface area contributed by atoms with Gasteiger partial charge in [-0.3, -0.25) is 0 Å². The Balaban J connectivity index is 1.58. The van der Waals surface area contributed by atoms with E-state index in [2.05, 4.69) is 50.4 Å². The van der Waals surface area contributed by atoms with Gasteiger partial charge in [-0.2, -0.15) is 0 Å². The maximum absolute atomic E-state index is 5.99. The summed E-state index contributed by atoms with van der Waals surface area (Å²) in [5, 5.41) is 3.86. The van der Waals surface area contributed by atoms with Crippen LogP contribution in [0.4, 0.5) is 0 Å². The summed E-state index contributed by atoms with van der Waals surface area (Å²) in [6, 6.07) is 11.1. The molecule has 116 valence electrons. The van der Waals surface area contributed by atoms with Crippen molar-refractivity contribution in [3.63, 3.8) is 0 Å². The van der Waals surface area contributed by atoms with Crippen LogP contribution in [0.3, 0.4) is 0 Å². The molecule has 1 aromatic rings. The monoisotopic (exact) mass is 286 g/mol. The lowest BCUT2D eigenvalue weighted by molar-refractivity contribution is 0.339. The molecule has 2 atom stereocenters. The van der Waals surface area contributed by atoms with E-state index in [0.29, 0.717) is 18.1 Å². The fraction of sp³-hybridized carbons (Fsp3) is 0.684. The second kappa shape index (κ2) is 5.73. The van der Waals surface area contributed by atoms with Gasteiger partial charge in [-0.25, -0.2) is 0 Å². The largest absolute Gasteiger partial charge is 0.328 e. The number of hydrogen-bond donors (Lipinski definition) is 2. The predicted molar refractivity (Wildman–Crippen MR) is 89.7 cm³/mol. The molecule has 2 heteroatoms. The summed E-state index contributed by atoms with van der Waals surface area (Å²) >= 11 is 0. The molecule has 2 aliphatic carbocycles. The lowest BCUT2D eigenvalue weighted by Gasteiger charge is -2.27. The first-order chi connectivity index (χ1) is 9.93. The first-order valence-electron chi connectivity index (χ1n) is 8.55. The molecule has 21 heavy (non-hydrogen) atoms. The van der Waals surface area contributed by atoms with Crippen molar-refractivity contribution in [3.8, 4) is 0 Å². The van der Waals surface area contributed by atoms with Gasteiger partial charge in [0, 0.05) is 24.0 Å². The zero-order chi connectivity index (χ0) is 15.0. The van der Waals surface area contributed by atoms with Gasteiger partial charge in [-0.05, 0) is 48.6 Å². The van der Waals surface area contributed by atoms with Crippen molar-refractivity contribution in [1.29, 1.82) is 0 Å². The molecule has 2 fully saturated rings. The van der Waals surface area contributed by atoms with Crippen molar-refractivity contribution < 1.29 is 0 Å². The fourth-order valence-electron chi connectivity index (χ4n) is 3.57. The average Bonchev–Trinajstić information content (AvgIpc) is 3.20. The molecule has 0 aliphatic heterocycles. The molecule has 2 saturated carbocycles. The predicted octanol–water partition coefficient (Wildman–Crippen LogP) is 3.70. The smallest absolute Gasteiger partial charge is 0.0145 e. The third-order valence-corrected chi connectivity index (χ3v) is 5.19. The highest BCUT2D eigenvalue weighted by Crippen LogP contribution is 2.42. The Hall–Kier alpha value is -0.860. The van der Waals surface area contributed by atoms with Crippen molar-refractivity contribution in [2.75, 3.05) is 0 Å². The Kier molecular flexibility index (Phi) is 4.11. The van der Waals surface area contributed by atoms with Gasteiger partial charge < -0.3 is 11.1 Å². The van der Waals surface area contributed by atoms with E-state index in [1.807, 2.05) is 0 Å². The zero-order valence-corrected chi connectivity index (χ0v) is 13.7. The van der Waals surface area contributed by atoms with Crippen molar-refractivity contribution in [1.82, 2.24) is 5.32 Å². The van der Waals surface area contributed by atoms with E-state index in [0.717, 1.165) is 5.92 Å². The van der Waals surface area contributed by atoms with Crippen molar-refractivity contribution in [3.05, 3.63) is 35.4 Å². The molecule has 0 bridgehead atoms. The van der Waals surface area contributed by atoms with Crippen molar-refractivity contribution >= 4 is 0 Å². The summed E-state index contributed by atoms with van der Waals surface area (Å²) in [4.78, 5) is 0. The minimum absolute atomic E-state index is 0.243. The Morgan fingerprint density at radius 1 is 1.10 bits per heavy atom. The minimum atomic E-state index is 0.243. The number of nitrogens with one attached hydrogen (secondary N) is 1. The summed E-state index contributed by atoms with van der Waals surface area (Å²) in [7, 11) is 0. The van der Waals surface area contributed by atoms with Crippen LogP contribution in [0.5, 0.6) is 0 Å². The third-order valence-electron chi connectivity index (χ3n) is 5.19. The summed E-state index contributed by atoms with van der Waals surface area (Å²) < 4.78 is 0. The van der Waals surface area contributed by atoms with Gasteiger partial charge in [0.1, 0.15) is 0 Å². The van der Waals surface area contributed by atoms with Crippen LogP contribution >= 0.6 is 0 Å². The molecule has 0 saturated heterocycles. The maximum Gasteiger partial charge on any atom is 0.0145 e. The molecule has 2 aliphatic rings. The van der Waals surface area contributed by atoms with Gasteiger partial charge in [0.2, 0.25) is 0 Å². The molecular weight excluding hydrogens is 256 g/mol. The minimum Gasteiger partial charge on any atom is -0.328 e. The average molecular weight is 286 g/mol. The van der Waals surface area contributed by atoms with Crippen LogP contribution in [0, 0.1) is 0 Å². The highest BCUT2D eigenvalue weighted by Gasteiger charge is 2.40. The summed E-state index contributed by atoms with van der Waals surface area (Å²) in [6.45, 7) is 6.88. The molecule has 0 amide bonds. The number of benzene rings is 1. The Bertz CT molecular complexity index is 481. The van der Waals surface area contributed by atoms with E-state index in [-0.39, 0.29) is 5.41 Å². The maximum atomic E-state index is 5.99. The van der Waals surface area contributed by atoms with E-state index in [1.165, 1.54) is 43.2 Å². The van der Waals surface area contributed by atoms with E-state index < -0.39 is 0 Å². The Morgan fingerprint density at radius 3 is 2.48 bits per heavy atom. The summed E-state index contributed by atoms with van der Waals surface area (Å²) in [5.74, 6) is 0.725. The van der Waals surface area contributed by atoms with E-state index in [1.54, 1.807) is 0 Å². The van der Waals surface area contributed by atoms with Gasteiger partial charge in [0.05, 0.1) is 0 Å². The first kappa shape index (κ1) is 15.1. The standard InChI is InChI=1S/C19H30N2/c1-19(2,3)14-6-4-5-13(11-14)17-12-18(17)21-16-9-7-15(20)8-10-16/h4-6,11,15-18,21H,7-10,12,20H2,1-3H3. The van der Waals surface area contributed by atoms with Crippen LogP contribution in [-0.2, 0) is 5.41 Å². The molecule has 2 nitrogen and oxygen atoms in total. The van der Waals surface area contributed by atoms with Crippen LogP contribution in [0.1, 0.15) is 69.9 Å². The highest BCUT2D eigenvalue weighted by atomic mass is 15.0. The van der Waals surface area contributed by atoms with Crippen LogP contribution in [0.15, 0.2) is 24.3 Å². The van der Waals surface area contributed by atoms with Crippen LogP contribution < -0.4 is 11.1 Å². The molecule has 2 unspecified atom stereocenters. The molecule has 0 radical (unpaired) electrons. The molecule has 0 spiro atoms. The summed E-state index contributed by atoms with van der Waals surface area (Å²) in [5.41, 5.74) is 9.21. The Morgan fingerprint density at radius 2 is 1.81 bits per heavy atom. The number of rotatable bonds is 3. The summed E-state index contributed by atoms with van der Waals surface area (Å²) in [6.07, 6.45) is 6.19. The van der Waals surface area contributed by atoms with Gasteiger partial charge in [-0.1, -0.05) is 45.0 Å². The van der Waals surface area contributed by atoms with E-state index in [4.69, 9.17) is 5.73 Å². The molecule has 1 aromatic carbocycles. The SMILES string of the molecule is CC(C)(C)c1cccc(C2CC2NC2CCC(N)CC2)c1.